The van der Waals surface area contributed by atoms with Gasteiger partial charge >= 0.3 is 0 Å². The molecule has 1 aromatic heterocycles. The van der Waals surface area contributed by atoms with Gasteiger partial charge in [-0.25, -0.2) is 4.98 Å². The summed E-state index contributed by atoms with van der Waals surface area (Å²) in [4.78, 5) is 18.1. The molecular formula is C15H25N3OS. The molecule has 0 aromatic carbocycles. The molecule has 112 valence electrons. The monoisotopic (exact) mass is 295 g/mol. The van der Waals surface area contributed by atoms with E-state index < -0.39 is 0 Å². The Morgan fingerprint density at radius 1 is 1.60 bits per heavy atom. The number of nitrogens with zero attached hydrogens (tertiary/aromatic N) is 1. The number of piperidine rings is 1. The zero-order valence-corrected chi connectivity index (χ0v) is 13.5. The number of aryl methyl sites for hydroxylation is 1. The Kier molecular flexibility index (Phi) is 5.16. The topological polar surface area (TPSA) is 54.0 Å². The fraction of sp³-hybridized carbons (Fsp3) is 0.733. The van der Waals surface area contributed by atoms with Crippen LogP contribution in [0, 0.1) is 11.3 Å². The Balaban J connectivity index is 1.89. The van der Waals surface area contributed by atoms with Gasteiger partial charge in [0.05, 0.1) is 6.54 Å². The van der Waals surface area contributed by atoms with Crippen molar-refractivity contribution in [3.05, 3.63) is 16.1 Å². The maximum absolute atomic E-state index is 12.5. The van der Waals surface area contributed by atoms with E-state index in [1.807, 2.05) is 6.20 Å². The van der Waals surface area contributed by atoms with Gasteiger partial charge in [-0.2, -0.15) is 0 Å². The summed E-state index contributed by atoms with van der Waals surface area (Å²) in [6.45, 7) is 8.80. The van der Waals surface area contributed by atoms with Crippen LogP contribution in [0.2, 0.25) is 0 Å². The predicted molar refractivity (Wildman–Crippen MR) is 82.7 cm³/mol. The van der Waals surface area contributed by atoms with E-state index in [2.05, 4.69) is 36.4 Å². The van der Waals surface area contributed by atoms with Gasteiger partial charge in [0.25, 0.3) is 0 Å². The van der Waals surface area contributed by atoms with Gasteiger partial charge in [-0.3, -0.25) is 4.79 Å². The molecular weight excluding hydrogens is 270 g/mol. The van der Waals surface area contributed by atoms with Crippen LogP contribution in [0.3, 0.4) is 0 Å². The van der Waals surface area contributed by atoms with Crippen molar-refractivity contribution < 1.29 is 4.79 Å². The van der Waals surface area contributed by atoms with Crippen LogP contribution < -0.4 is 10.6 Å². The van der Waals surface area contributed by atoms with Crippen LogP contribution in [0.25, 0.3) is 0 Å². The summed E-state index contributed by atoms with van der Waals surface area (Å²) in [6, 6.07) is 0. The van der Waals surface area contributed by atoms with Crippen molar-refractivity contribution in [2.24, 2.45) is 11.3 Å². The number of aromatic nitrogens is 1. The fourth-order valence-corrected chi connectivity index (χ4v) is 3.43. The lowest BCUT2D eigenvalue weighted by molar-refractivity contribution is -0.132. The highest BCUT2D eigenvalue weighted by molar-refractivity contribution is 7.11. The van der Waals surface area contributed by atoms with Crippen LogP contribution in [0.15, 0.2) is 6.20 Å². The number of hydrogen-bond acceptors (Lipinski definition) is 4. The second-order valence-corrected chi connectivity index (χ2v) is 7.22. The molecule has 1 saturated heterocycles. The maximum Gasteiger partial charge on any atom is 0.226 e. The molecule has 1 aromatic rings. The van der Waals surface area contributed by atoms with Crippen molar-refractivity contribution in [1.29, 1.82) is 0 Å². The Morgan fingerprint density at radius 2 is 2.40 bits per heavy atom. The molecule has 1 fully saturated rings. The van der Waals surface area contributed by atoms with E-state index in [4.69, 9.17) is 0 Å². The highest BCUT2D eigenvalue weighted by Gasteiger charge is 2.37. The second kappa shape index (κ2) is 6.68. The first-order valence-corrected chi connectivity index (χ1v) is 8.28. The smallest absolute Gasteiger partial charge is 0.226 e. The van der Waals surface area contributed by atoms with Gasteiger partial charge in [-0.05, 0) is 38.3 Å². The van der Waals surface area contributed by atoms with Crippen molar-refractivity contribution >= 4 is 17.2 Å². The average molecular weight is 295 g/mol. The average Bonchev–Trinajstić information content (AvgIpc) is 2.93. The van der Waals surface area contributed by atoms with Crippen LogP contribution in [-0.4, -0.2) is 24.0 Å². The van der Waals surface area contributed by atoms with Crippen LogP contribution in [0.5, 0.6) is 0 Å². The van der Waals surface area contributed by atoms with E-state index in [-0.39, 0.29) is 11.3 Å². The number of carbonyl (C=O) groups excluding carboxylic acids is 1. The van der Waals surface area contributed by atoms with E-state index in [1.54, 1.807) is 11.3 Å². The standard InChI is InChI=1S/C15H25N3OS/c1-4-12-9-17-13(20-12)10-18-14(19)15(2,3)11-6-5-7-16-8-11/h9,11,16H,4-8,10H2,1-3H3,(H,18,19). The van der Waals surface area contributed by atoms with Gasteiger partial charge in [-0.15, -0.1) is 11.3 Å². The first-order valence-electron chi connectivity index (χ1n) is 7.46. The highest BCUT2D eigenvalue weighted by atomic mass is 32.1. The van der Waals surface area contributed by atoms with Crippen molar-refractivity contribution in [3.63, 3.8) is 0 Å². The largest absolute Gasteiger partial charge is 0.349 e. The minimum atomic E-state index is -0.321. The van der Waals surface area contributed by atoms with Crippen molar-refractivity contribution in [2.45, 2.75) is 46.6 Å². The highest BCUT2D eigenvalue weighted by Crippen LogP contribution is 2.32. The van der Waals surface area contributed by atoms with E-state index in [1.165, 1.54) is 4.88 Å². The molecule has 1 amide bonds. The Morgan fingerprint density at radius 3 is 3.00 bits per heavy atom. The summed E-state index contributed by atoms with van der Waals surface area (Å²) in [7, 11) is 0. The quantitative estimate of drug-likeness (QED) is 0.877. The van der Waals surface area contributed by atoms with Gasteiger partial charge in [0.2, 0.25) is 5.91 Å². The van der Waals surface area contributed by atoms with Gasteiger partial charge in [0.1, 0.15) is 5.01 Å². The first kappa shape index (κ1) is 15.4. The fourth-order valence-electron chi connectivity index (χ4n) is 2.63. The van der Waals surface area contributed by atoms with Crippen molar-refractivity contribution in [1.82, 2.24) is 15.6 Å². The van der Waals surface area contributed by atoms with Crippen molar-refractivity contribution in [2.75, 3.05) is 13.1 Å². The predicted octanol–water partition coefficient (Wildman–Crippen LogP) is 2.35. The molecule has 1 aliphatic heterocycles. The molecule has 2 rings (SSSR count). The lowest BCUT2D eigenvalue weighted by atomic mass is 9.74. The number of nitrogens with one attached hydrogen (secondary N) is 2. The molecule has 1 aliphatic rings. The molecule has 5 heteroatoms. The van der Waals surface area contributed by atoms with E-state index >= 15 is 0 Å². The van der Waals surface area contributed by atoms with E-state index in [9.17, 15) is 4.79 Å². The third-order valence-electron chi connectivity index (χ3n) is 4.25. The van der Waals surface area contributed by atoms with Crippen LogP contribution in [-0.2, 0) is 17.8 Å². The third-order valence-corrected chi connectivity index (χ3v) is 5.39. The summed E-state index contributed by atoms with van der Waals surface area (Å²) >= 11 is 1.68. The molecule has 0 spiro atoms. The molecule has 1 atom stereocenters. The second-order valence-electron chi connectivity index (χ2n) is 6.02. The third kappa shape index (κ3) is 3.58. The van der Waals surface area contributed by atoms with Gasteiger partial charge < -0.3 is 10.6 Å². The number of rotatable bonds is 5. The Hall–Kier alpha value is -0.940. The van der Waals surface area contributed by atoms with Gasteiger partial charge in [0, 0.05) is 16.5 Å². The van der Waals surface area contributed by atoms with Gasteiger partial charge in [-0.1, -0.05) is 20.8 Å². The van der Waals surface area contributed by atoms with E-state index in [0.29, 0.717) is 12.5 Å². The lowest BCUT2D eigenvalue weighted by Gasteiger charge is -2.35. The molecule has 1 unspecified atom stereocenters. The van der Waals surface area contributed by atoms with Crippen LogP contribution in [0.1, 0.15) is 43.5 Å². The summed E-state index contributed by atoms with van der Waals surface area (Å²) in [5, 5.41) is 7.44. The summed E-state index contributed by atoms with van der Waals surface area (Å²) < 4.78 is 0. The zero-order chi connectivity index (χ0) is 14.6. The number of hydrogen-bond donors (Lipinski definition) is 2. The molecule has 2 heterocycles. The molecule has 2 N–H and O–H groups in total. The minimum Gasteiger partial charge on any atom is -0.349 e. The summed E-state index contributed by atoms with van der Waals surface area (Å²) in [5.74, 6) is 0.554. The Bertz CT molecular complexity index is 450. The molecule has 0 radical (unpaired) electrons. The maximum atomic E-state index is 12.5. The van der Waals surface area contributed by atoms with Gasteiger partial charge in [0.15, 0.2) is 0 Å². The normalized spacial score (nSPS) is 19.9. The zero-order valence-electron chi connectivity index (χ0n) is 12.7. The number of thiazole rings is 1. The summed E-state index contributed by atoms with van der Waals surface area (Å²) in [5.41, 5.74) is -0.321. The first-order chi connectivity index (χ1) is 9.54. The number of carbonyl (C=O) groups is 1. The lowest BCUT2D eigenvalue weighted by Crippen LogP contribution is -2.47. The van der Waals surface area contributed by atoms with E-state index in [0.717, 1.165) is 37.4 Å². The summed E-state index contributed by atoms with van der Waals surface area (Å²) in [6.07, 6.45) is 5.20. The van der Waals surface area contributed by atoms with Crippen LogP contribution >= 0.6 is 11.3 Å². The van der Waals surface area contributed by atoms with Crippen LogP contribution in [0.4, 0.5) is 0 Å². The molecule has 0 bridgehead atoms. The van der Waals surface area contributed by atoms with Crippen molar-refractivity contribution in [3.8, 4) is 0 Å². The molecule has 20 heavy (non-hydrogen) atoms. The Labute approximate surface area is 125 Å². The number of amides is 1. The molecule has 4 nitrogen and oxygen atoms in total. The SMILES string of the molecule is CCc1cnc(CNC(=O)C(C)(C)C2CCCNC2)s1. The molecule has 0 aliphatic carbocycles. The molecule has 0 saturated carbocycles. The minimum absolute atomic E-state index is 0.138.